The summed E-state index contributed by atoms with van der Waals surface area (Å²) in [5.41, 5.74) is 0.390. The van der Waals surface area contributed by atoms with Crippen molar-refractivity contribution in [2.75, 3.05) is 0 Å². The van der Waals surface area contributed by atoms with Crippen molar-refractivity contribution < 1.29 is 23.1 Å². The van der Waals surface area contributed by atoms with E-state index >= 15 is 0 Å². The van der Waals surface area contributed by atoms with Gasteiger partial charge in [-0.05, 0) is 49.6 Å². The third-order valence-electron chi connectivity index (χ3n) is 4.08. The maximum absolute atomic E-state index is 12.9. The highest BCUT2D eigenvalue weighted by molar-refractivity contribution is 5.79. The molecule has 0 aliphatic carbocycles. The van der Waals surface area contributed by atoms with E-state index in [-0.39, 0.29) is 11.9 Å². The molecule has 3 aromatic rings. The van der Waals surface area contributed by atoms with Gasteiger partial charge in [0, 0.05) is 12.1 Å². The van der Waals surface area contributed by atoms with Crippen LogP contribution in [0.5, 0.6) is 0 Å². The molecule has 2 N–H and O–H groups in total. The zero-order valence-electron chi connectivity index (χ0n) is 13.1. The van der Waals surface area contributed by atoms with Gasteiger partial charge in [0.15, 0.2) is 0 Å². The first-order valence-electron chi connectivity index (χ1n) is 7.73. The third-order valence-corrected chi connectivity index (χ3v) is 4.08. The maximum Gasteiger partial charge on any atom is 0.416 e. The monoisotopic (exact) mass is 352 g/mol. The number of H-pyrrole nitrogens is 1. The normalized spacial score (nSPS) is 12.1. The molecule has 0 atom stereocenters. The van der Waals surface area contributed by atoms with Gasteiger partial charge in [-0.2, -0.15) is 13.2 Å². The van der Waals surface area contributed by atoms with Crippen molar-refractivity contribution in [3.05, 3.63) is 51.9 Å². The Bertz CT molecular complexity index is 1000. The van der Waals surface area contributed by atoms with Gasteiger partial charge in [0.2, 0.25) is 0 Å². The lowest BCUT2D eigenvalue weighted by atomic mass is 10.1. The quantitative estimate of drug-likeness (QED) is 0.689. The number of nitrogens with zero attached hydrogens (tertiary/aromatic N) is 1. The summed E-state index contributed by atoms with van der Waals surface area (Å²) in [6.45, 7) is 0. The van der Waals surface area contributed by atoms with Crippen molar-refractivity contribution >= 4 is 22.5 Å². The molecule has 0 unspecified atom stereocenters. The standard InChI is InChI=1S/C17H15F3N2O3/c18-17(19,20)10-5-7-13-12(9-10)21-16(25)14-8-6-11(22(13)14)3-1-2-4-15(23)24/h5-9H,1-4H2,(H,21,25)(H,23,24). The lowest BCUT2D eigenvalue weighted by Crippen LogP contribution is -2.12. The van der Waals surface area contributed by atoms with Crippen LogP contribution >= 0.6 is 0 Å². The Morgan fingerprint density at radius 1 is 1.12 bits per heavy atom. The molecule has 3 rings (SSSR count). The van der Waals surface area contributed by atoms with Crippen LogP contribution in [0, 0.1) is 0 Å². The molecular formula is C17H15F3N2O3. The Kier molecular flexibility index (Phi) is 4.28. The number of hydrogen-bond acceptors (Lipinski definition) is 2. The van der Waals surface area contributed by atoms with Gasteiger partial charge in [-0.1, -0.05) is 0 Å². The topological polar surface area (TPSA) is 74.6 Å². The highest BCUT2D eigenvalue weighted by Crippen LogP contribution is 2.31. The lowest BCUT2D eigenvalue weighted by molar-refractivity contribution is -0.138. The highest BCUT2D eigenvalue weighted by atomic mass is 19.4. The number of alkyl halides is 3. The van der Waals surface area contributed by atoms with Crippen LogP contribution in [0.15, 0.2) is 35.1 Å². The second-order valence-electron chi connectivity index (χ2n) is 5.83. The van der Waals surface area contributed by atoms with Crippen molar-refractivity contribution in [2.24, 2.45) is 0 Å². The Morgan fingerprint density at radius 3 is 2.52 bits per heavy atom. The van der Waals surface area contributed by atoms with E-state index in [1.165, 1.54) is 6.07 Å². The van der Waals surface area contributed by atoms with E-state index in [1.807, 2.05) is 0 Å². The van der Waals surface area contributed by atoms with Crippen molar-refractivity contribution in [3.8, 4) is 0 Å². The lowest BCUT2D eigenvalue weighted by Gasteiger charge is -2.10. The van der Waals surface area contributed by atoms with Crippen LogP contribution in [0.4, 0.5) is 13.2 Å². The number of aromatic nitrogens is 2. The minimum atomic E-state index is -4.49. The predicted molar refractivity (Wildman–Crippen MR) is 85.7 cm³/mol. The summed E-state index contributed by atoms with van der Waals surface area (Å²) in [6.07, 6.45) is -2.81. The van der Waals surface area contributed by atoms with Gasteiger partial charge in [0.1, 0.15) is 5.52 Å². The largest absolute Gasteiger partial charge is 0.481 e. The first-order chi connectivity index (χ1) is 11.8. The van der Waals surface area contributed by atoms with Crippen LogP contribution < -0.4 is 5.56 Å². The Balaban J connectivity index is 2.05. The first-order valence-corrected chi connectivity index (χ1v) is 7.73. The fourth-order valence-electron chi connectivity index (χ4n) is 2.91. The number of hydrogen-bond donors (Lipinski definition) is 2. The molecule has 2 heterocycles. The molecule has 0 radical (unpaired) electrons. The van der Waals surface area contributed by atoms with E-state index in [1.54, 1.807) is 16.5 Å². The molecule has 2 aromatic heterocycles. The SMILES string of the molecule is O=C(O)CCCCc1ccc2c(=O)[nH]c3cc(C(F)(F)F)ccc3n12. The van der Waals surface area contributed by atoms with E-state index in [2.05, 4.69) is 4.98 Å². The number of carboxylic acids is 1. The van der Waals surface area contributed by atoms with E-state index in [4.69, 9.17) is 5.11 Å². The molecule has 0 aliphatic heterocycles. The van der Waals surface area contributed by atoms with Crippen LogP contribution in [0.25, 0.3) is 16.6 Å². The number of unbranched alkanes of at least 4 members (excludes halogenated alkanes) is 1. The fourth-order valence-corrected chi connectivity index (χ4v) is 2.91. The molecule has 0 aliphatic rings. The van der Waals surface area contributed by atoms with Crippen molar-refractivity contribution in [1.29, 1.82) is 0 Å². The minimum absolute atomic E-state index is 0.0551. The average molecular weight is 352 g/mol. The Hall–Kier alpha value is -2.77. The van der Waals surface area contributed by atoms with Crippen molar-refractivity contribution in [1.82, 2.24) is 9.38 Å². The molecule has 1 aromatic carbocycles. The molecule has 8 heteroatoms. The number of benzene rings is 1. The minimum Gasteiger partial charge on any atom is -0.481 e. The van der Waals surface area contributed by atoms with Crippen molar-refractivity contribution in [2.45, 2.75) is 31.9 Å². The molecule has 0 saturated carbocycles. The van der Waals surface area contributed by atoms with Crippen LogP contribution in [0.2, 0.25) is 0 Å². The molecule has 0 fully saturated rings. The number of carbonyl (C=O) groups is 1. The number of rotatable bonds is 5. The third kappa shape index (κ3) is 3.38. The fraction of sp³-hybridized carbons (Fsp3) is 0.294. The first kappa shape index (κ1) is 17.1. The predicted octanol–water partition coefficient (Wildman–Crippen LogP) is 3.60. The summed E-state index contributed by atoms with van der Waals surface area (Å²) in [7, 11) is 0. The van der Waals surface area contributed by atoms with Crippen LogP contribution in [0.3, 0.4) is 0 Å². The van der Waals surface area contributed by atoms with Gasteiger partial charge < -0.3 is 14.5 Å². The summed E-state index contributed by atoms with van der Waals surface area (Å²) in [5.74, 6) is -0.874. The number of halogens is 3. The zero-order valence-corrected chi connectivity index (χ0v) is 13.1. The van der Waals surface area contributed by atoms with Gasteiger partial charge in [0.05, 0.1) is 16.6 Å². The van der Waals surface area contributed by atoms with E-state index in [0.717, 1.165) is 17.8 Å². The number of fused-ring (bicyclic) bond motifs is 3. The molecular weight excluding hydrogens is 337 g/mol. The Labute approximate surface area is 139 Å². The number of aromatic amines is 1. The molecule has 5 nitrogen and oxygen atoms in total. The zero-order chi connectivity index (χ0) is 18.2. The van der Waals surface area contributed by atoms with E-state index in [9.17, 15) is 22.8 Å². The van der Waals surface area contributed by atoms with Crippen LogP contribution in [-0.4, -0.2) is 20.5 Å². The number of nitrogens with one attached hydrogen (secondary N) is 1. The van der Waals surface area contributed by atoms with Crippen LogP contribution in [-0.2, 0) is 17.4 Å². The average Bonchev–Trinajstić information content (AvgIpc) is 2.95. The summed E-state index contributed by atoms with van der Waals surface area (Å²) in [6, 6.07) is 6.59. The van der Waals surface area contributed by atoms with Gasteiger partial charge in [-0.15, -0.1) is 0 Å². The highest BCUT2D eigenvalue weighted by Gasteiger charge is 2.30. The van der Waals surface area contributed by atoms with Crippen LogP contribution in [0.1, 0.15) is 30.5 Å². The smallest absolute Gasteiger partial charge is 0.416 e. The second-order valence-corrected chi connectivity index (χ2v) is 5.83. The summed E-state index contributed by atoms with van der Waals surface area (Å²) in [4.78, 5) is 25.2. The van der Waals surface area contributed by atoms with E-state index in [0.29, 0.717) is 30.3 Å². The van der Waals surface area contributed by atoms with Gasteiger partial charge >= 0.3 is 12.1 Å². The van der Waals surface area contributed by atoms with E-state index < -0.39 is 23.3 Å². The molecule has 0 spiro atoms. The number of aliphatic carboxylic acids is 1. The molecule has 132 valence electrons. The maximum atomic E-state index is 12.9. The molecule has 25 heavy (non-hydrogen) atoms. The second kappa shape index (κ2) is 6.27. The Morgan fingerprint density at radius 2 is 1.84 bits per heavy atom. The van der Waals surface area contributed by atoms with Gasteiger partial charge in [-0.3, -0.25) is 9.59 Å². The molecule has 0 amide bonds. The van der Waals surface area contributed by atoms with Gasteiger partial charge in [0.25, 0.3) is 5.56 Å². The van der Waals surface area contributed by atoms with Gasteiger partial charge in [-0.25, -0.2) is 0 Å². The molecule has 0 bridgehead atoms. The number of aryl methyl sites for hydroxylation is 1. The summed E-state index contributed by atoms with van der Waals surface area (Å²) < 4.78 is 40.3. The van der Waals surface area contributed by atoms with Crippen molar-refractivity contribution in [3.63, 3.8) is 0 Å². The molecule has 0 saturated heterocycles. The summed E-state index contributed by atoms with van der Waals surface area (Å²) >= 11 is 0. The summed E-state index contributed by atoms with van der Waals surface area (Å²) in [5, 5.41) is 8.67. The number of carboxylic acid groups (broad SMARTS) is 1.